The summed E-state index contributed by atoms with van der Waals surface area (Å²) in [6.45, 7) is 5.51. The van der Waals surface area contributed by atoms with Crippen LogP contribution in [0.15, 0.2) is 67.0 Å². The fourth-order valence-electron chi connectivity index (χ4n) is 3.53. The van der Waals surface area contributed by atoms with Crippen LogP contribution in [-0.2, 0) is 6.54 Å². The highest BCUT2D eigenvalue weighted by Gasteiger charge is 2.22. The molecule has 0 spiro atoms. The van der Waals surface area contributed by atoms with Gasteiger partial charge >= 0.3 is 0 Å². The molecule has 0 aliphatic carbocycles. The summed E-state index contributed by atoms with van der Waals surface area (Å²) in [6.07, 6.45) is 3.80. The lowest BCUT2D eigenvalue weighted by molar-refractivity contribution is 0.0748. The second kappa shape index (κ2) is 7.72. The van der Waals surface area contributed by atoms with Gasteiger partial charge in [-0.25, -0.2) is 4.98 Å². The van der Waals surface area contributed by atoms with Crippen LogP contribution < -0.4 is 4.74 Å². The lowest BCUT2D eigenvalue weighted by atomic mass is 10.0. The van der Waals surface area contributed by atoms with Gasteiger partial charge in [-0.15, -0.1) is 0 Å². The van der Waals surface area contributed by atoms with Gasteiger partial charge < -0.3 is 14.0 Å². The Hall–Kier alpha value is -3.34. The summed E-state index contributed by atoms with van der Waals surface area (Å²) in [5, 5.41) is 1.94. The topological polar surface area (TPSA) is 46.8 Å². The molecule has 28 heavy (non-hydrogen) atoms. The molecule has 0 unspecified atom stereocenters. The number of carbonyl (C=O) groups excluding carboxylic acids is 1. The second-order valence-electron chi connectivity index (χ2n) is 6.59. The van der Waals surface area contributed by atoms with Crippen molar-refractivity contribution in [3.05, 3.63) is 78.2 Å². The summed E-state index contributed by atoms with van der Waals surface area (Å²) in [6, 6.07) is 17.7. The maximum Gasteiger partial charge on any atom is 0.258 e. The van der Waals surface area contributed by atoms with Gasteiger partial charge in [0, 0.05) is 12.7 Å². The number of hydrogen-bond acceptors (Lipinski definition) is 3. The zero-order valence-corrected chi connectivity index (χ0v) is 16.1. The average Bonchev–Trinajstić information content (AvgIpc) is 3.14. The first-order chi connectivity index (χ1) is 13.7. The van der Waals surface area contributed by atoms with E-state index in [1.807, 2.05) is 90.1 Å². The number of pyridine rings is 1. The summed E-state index contributed by atoms with van der Waals surface area (Å²) in [4.78, 5) is 19.8. The van der Waals surface area contributed by atoms with E-state index in [4.69, 9.17) is 4.74 Å². The number of hydrogen-bond donors (Lipinski definition) is 0. The number of rotatable bonds is 6. The van der Waals surface area contributed by atoms with Crippen LogP contribution in [-0.4, -0.2) is 33.3 Å². The van der Waals surface area contributed by atoms with Crippen molar-refractivity contribution in [3.63, 3.8) is 0 Å². The van der Waals surface area contributed by atoms with Crippen molar-refractivity contribution < 1.29 is 9.53 Å². The third-order valence-corrected chi connectivity index (χ3v) is 4.92. The first-order valence-corrected chi connectivity index (χ1v) is 9.57. The van der Waals surface area contributed by atoms with Gasteiger partial charge in [0.2, 0.25) is 0 Å². The smallest absolute Gasteiger partial charge is 0.258 e. The van der Waals surface area contributed by atoms with Crippen molar-refractivity contribution in [2.24, 2.45) is 0 Å². The zero-order chi connectivity index (χ0) is 19.5. The van der Waals surface area contributed by atoms with Gasteiger partial charge in [0.25, 0.3) is 5.91 Å². The van der Waals surface area contributed by atoms with Crippen LogP contribution in [0.25, 0.3) is 16.4 Å². The van der Waals surface area contributed by atoms with E-state index in [-0.39, 0.29) is 5.91 Å². The first kappa shape index (κ1) is 18.0. The van der Waals surface area contributed by atoms with Crippen LogP contribution in [0.5, 0.6) is 5.75 Å². The van der Waals surface area contributed by atoms with Gasteiger partial charge in [-0.2, -0.15) is 0 Å². The highest BCUT2D eigenvalue weighted by molar-refractivity contribution is 6.09. The Balaban J connectivity index is 1.75. The molecule has 5 heteroatoms. The molecule has 0 fully saturated rings. The summed E-state index contributed by atoms with van der Waals surface area (Å²) in [7, 11) is 0. The molecule has 4 rings (SSSR count). The highest BCUT2D eigenvalue weighted by atomic mass is 16.5. The van der Waals surface area contributed by atoms with Crippen LogP contribution in [0, 0.1) is 0 Å². The van der Waals surface area contributed by atoms with Crippen molar-refractivity contribution in [2.75, 3.05) is 13.2 Å². The molecule has 0 bridgehead atoms. The Morgan fingerprint density at radius 2 is 1.89 bits per heavy atom. The number of aromatic nitrogens is 2. The largest absolute Gasteiger partial charge is 0.493 e. The molecule has 0 atom stereocenters. The molecule has 142 valence electrons. The van der Waals surface area contributed by atoms with E-state index in [2.05, 4.69) is 4.98 Å². The van der Waals surface area contributed by atoms with Gasteiger partial charge in [0.1, 0.15) is 11.4 Å². The monoisotopic (exact) mass is 373 g/mol. The molecule has 0 aliphatic rings. The number of nitrogens with zero attached hydrogens (tertiary/aromatic N) is 3. The fraction of sp³-hybridized carbons (Fsp3) is 0.217. The van der Waals surface area contributed by atoms with Gasteiger partial charge in [-0.3, -0.25) is 4.79 Å². The Kier molecular flexibility index (Phi) is 4.98. The zero-order valence-electron chi connectivity index (χ0n) is 16.1. The average molecular weight is 373 g/mol. The van der Waals surface area contributed by atoms with Gasteiger partial charge in [0.15, 0.2) is 0 Å². The Labute approximate surface area is 164 Å². The van der Waals surface area contributed by atoms with Crippen LogP contribution >= 0.6 is 0 Å². The second-order valence-corrected chi connectivity index (χ2v) is 6.59. The van der Waals surface area contributed by atoms with Crippen molar-refractivity contribution in [2.45, 2.75) is 20.4 Å². The summed E-state index contributed by atoms with van der Waals surface area (Å²) >= 11 is 0. The molecule has 0 radical (unpaired) electrons. The third kappa shape index (κ3) is 3.20. The molecular formula is C23H23N3O2. The SMILES string of the molecule is CCOc1ccc2ccccc2c1C(=O)N(CC)Cc1cnc2ccccn12. The first-order valence-electron chi connectivity index (χ1n) is 9.57. The van der Waals surface area contributed by atoms with Crippen LogP contribution in [0.4, 0.5) is 0 Å². The number of amides is 1. The number of carbonyl (C=O) groups is 1. The van der Waals surface area contributed by atoms with Crippen molar-refractivity contribution in [1.29, 1.82) is 0 Å². The quantitative estimate of drug-likeness (QED) is 0.498. The predicted octanol–water partition coefficient (Wildman–Crippen LogP) is 4.55. The minimum atomic E-state index is -0.0337. The normalized spacial score (nSPS) is 11.1. The van der Waals surface area contributed by atoms with Crippen molar-refractivity contribution in [1.82, 2.24) is 14.3 Å². The lowest BCUT2D eigenvalue weighted by Crippen LogP contribution is -2.31. The van der Waals surface area contributed by atoms with Crippen LogP contribution in [0.3, 0.4) is 0 Å². The Bertz CT molecular complexity index is 1130. The highest BCUT2D eigenvalue weighted by Crippen LogP contribution is 2.30. The van der Waals surface area contributed by atoms with E-state index in [0.29, 0.717) is 31.0 Å². The van der Waals surface area contributed by atoms with Crippen molar-refractivity contribution >= 4 is 22.3 Å². The predicted molar refractivity (Wildman–Crippen MR) is 111 cm³/mol. The van der Waals surface area contributed by atoms with E-state index in [1.54, 1.807) is 0 Å². The minimum Gasteiger partial charge on any atom is -0.493 e. The molecule has 1 amide bonds. The van der Waals surface area contributed by atoms with Gasteiger partial charge in [0.05, 0.1) is 30.6 Å². The summed E-state index contributed by atoms with van der Waals surface area (Å²) in [5.41, 5.74) is 2.47. The summed E-state index contributed by atoms with van der Waals surface area (Å²) < 4.78 is 7.82. The van der Waals surface area contributed by atoms with E-state index in [0.717, 1.165) is 22.1 Å². The van der Waals surface area contributed by atoms with Gasteiger partial charge in [-0.1, -0.05) is 36.4 Å². The van der Waals surface area contributed by atoms with E-state index in [9.17, 15) is 4.79 Å². The molecule has 2 aromatic carbocycles. The number of ether oxygens (including phenoxy) is 1. The molecule has 0 saturated heterocycles. The standard InChI is InChI=1S/C23H23N3O2/c1-3-25(16-18-15-24-21-11-7-8-14-26(18)21)23(27)22-19-10-6-5-9-17(19)12-13-20(22)28-4-2/h5-15H,3-4,16H2,1-2H3. The molecule has 4 aromatic rings. The van der Waals surface area contributed by atoms with Crippen LogP contribution in [0.2, 0.25) is 0 Å². The van der Waals surface area contributed by atoms with E-state index < -0.39 is 0 Å². The number of imidazole rings is 1. The number of benzene rings is 2. The van der Waals surface area contributed by atoms with E-state index >= 15 is 0 Å². The lowest BCUT2D eigenvalue weighted by Gasteiger charge is -2.23. The molecule has 2 heterocycles. The molecule has 0 N–H and O–H groups in total. The summed E-state index contributed by atoms with van der Waals surface area (Å²) in [5.74, 6) is 0.594. The molecule has 0 saturated carbocycles. The minimum absolute atomic E-state index is 0.0337. The molecule has 0 aliphatic heterocycles. The third-order valence-electron chi connectivity index (χ3n) is 4.92. The molecular weight excluding hydrogens is 350 g/mol. The maximum absolute atomic E-state index is 13.6. The van der Waals surface area contributed by atoms with Crippen molar-refractivity contribution in [3.8, 4) is 5.75 Å². The maximum atomic E-state index is 13.6. The number of fused-ring (bicyclic) bond motifs is 2. The fourth-order valence-corrected chi connectivity index (χ4v) is 3.53. The Morgan fingerprint density at radius 3 is 2.71 bits per heavy atom. The van der Waals surface area contributed by atoms with E-state index in [1.165, 1.54) is 0 Å². The molecule has 5 nitrogen and oxygen atoms in total. The van der Waals surface area contributed by atoms with Gasteiger partial charge in [-0.05, 0) is 42.8 Å². The molecule has 2 aromatic heterocycles. The van der Waals surface area contributed by atoms with Crippen LogP contribution in [0.1, 0.15) is 29.9 Å². The Morgan fingerprint density at radius 1 is 1.07 bits per heavy atom.